The van der Waals surface area contributed by atoms with Crippen molar-refractivity contribution in [3.05, 3.63) is 20.8 Å². The van der Waals surface area contributed by atoms with Crippen LogP contribution in [-0.4, -0.2) is 12.6 Å². The zero-order valence-electron chi connectivity index (χ0n) is 9.01. The van der Waals surface area contributed by atoms with Crippen LogP contribution in [-0.2, 0) is 6.42 Å². The lowest BCUT2D eigenvalue weighted by Crippen LogP contribution is -2.32. The van der Waals surface area contributed by atoms with E-state index in [1.54, 1.807) is 0 Å². The van der Waals surface area contributed by atoms with E-state index < -0.39 is 0 Å². The van der Waals surface area contributed by atoms with Crippen molar-refractivity contribution in [2.45, 2.75) is 33.2 Å². The van der Waals surface area contributed by atoms with E-state index in [-0.39, 0.29) is 0 Å². The summed E-state index contributed by atoms with van der Waals surface area (Å²) in [5.74, 6) is 0.713. The highest BCUT2D eigenvalue weighted by Crippen LogP contribution is 2.22. The maximum Gasteiger partial charge on any atom is 0.0701 e. The second-order valence-corrected chi connectivity index (χ2v) is 6.49. The predicted molar refractivity (Wildman–Crippen MR) is 68.0 cm³/mol. The summed E-state index contributed by atoms with van der Waals surface area (Å²) >= 11 is 5.30. The summed E-state index contributed by atoms with van der Waals surface area (Å²) in [6, 6.07) is 4.92. The van der Waals surface area contributed by atoms with E-state index in [1.165, 1.54) is 8.66 Å². The summed E-state index contributed by atoms with van der Waals surface area (Å²) in [6.07, 6.45) is 1.13. The van der Waals surface area contributed by atoms with Gasteiger partial charge in [0.1, 0.15) is 0 Å². The fourth-order valence-electron chi connectivity index (χ4n) is 1.14. The molecule has 1 atom stereocenters. The highest BCUT2D eigenvalue weighted by Gasteiger charge is 2.05. The molecule has 0 saturated carbocycles. The first-order valence-corrected chi connectivity index (χ1v) is 6.68. The van der Waals surface area contributed by atoms with Crippen molar-refractivity contribution >= 4 is 27.3 Å². The second-order valence-electron chi connectivity index (χ2n) is 3.94. The number of rotatable bonds is 5. The monoisotopic (exact) mass is 275 g/mol. The minimum Gasteiger partial charge on any atom is -0.314 e. The van der Waals surface area contributed by atoms with Crippen molar-refractivity contribution < 1.29 is 0 Å². The molecule has 1 N–H and O–H groups in total. The SMILES string of the molecule is CC(C)C(C)NCCc1ccc(Br)s1. The van der Waals surface area contributed by atoms with Gasteiger partial charge < -0.3 is 5.32 Å². The minimum atomic E-state index is 0.610. The summed E-state index contributed by atoms with van der Waals surface area (Å²) < 4.78 is 1.23. The van der Waals surface area contributed by atoms with Crippen LogP contribution < -0.4 is 5.32 Å². The van der Waals surface area contributed by atoms with Crippen LogP contribution in [0, 0.1) is 5.92 Å². The Kier molecular flexibility index (Phi) is 5.13. The zero-order valence-corrected chi connectivity index (χ0v) is 11.4. The van der Waals surface area contributed by atoms with Gasteiger partial charge in [-0.05, 0) is 47.3 Å². The third-order valence-electron chi connectivity index (χ3n) is 2.47. The molecule has 3 heteroatoms. The Labute approximate surface area is 99.0 Å². The summed E-state index contributed by atoms with van der Waals surface area (Å²) in [5, 5.41) is 3.53. The van der Waals surface area contributed by atoms with Crippen molar-refractivity contribution in [1.82, 2.24) is 5.32 Å². The van der Waals surface area contributed by atoms with E-state index in [9.17, 15) is 0 Å². The van der Waals surface area contributed by atoms with Crippen molar-refractivity contribution in [2.75, 3.05) is 6.54 Å². The molecule has 0 aromatic carbocycles. The Morgan fingerprint density at radius 3 is 2.57 bits per heavy atom. The maximum absolute atomic E-state index is 3.53. The van der Waals surface area contributed by atoms with Gasteiger partial charge in [-0.3, -0.25) is 0 Å². The van der Waals surface area contributed by atoms with Gasteiger partial charge in [-0.1, -0.05) is 13.8 Å². The molecule has 1 unspecified atom stereocenters. The summed E-state index contributed by atoms with van der Waals surface area (Å²) in [7, 11) is 0. The number of halogens is 1. The first kappa shape index (κ1) is 12.2. The largest absolute Gasteiger partial charge is 0.314 e. The van der Waals surface area contributed by atoms with Crippen LogP contribution in [0.1, 0.15) is 25.6 Å². The summed E-state index contributed by atoms with van der Waals surface area (Å²) in [5.41, 5.74) is 0. The molecule has 0 bridgehead atoms. The van der Waals surface area contributed by atoms with E-state index in [2.05, 4.69) is 54.2 Å². The van der Waals surface area contributed by atoms with Crippen molar-refractivity contribution in [3.63, 3.8) is 0 Å². The lowest BCUT2D eigenvalue weighted by Gasteiger charge is -2.16. The standard InChI is InChI=1S/C11H18BrNS/c1-8(2)9(3)13-7-6-10-4-5-11(12)14-10/h4-5,8-9,13H,6-7H2,1-3H3. The molecule has 0 spiro atoms. The van der Waals surface area contributed by atoms with Gasteiger partial charge in [0.05, 0.1) is 3.79 Å². The smallest absolute Gasteiger partial charge is 0.0701 e. The second kappa shape index (κ2) is 5.89. The van der Waals surface area contributed by atoms with Gasteiger partial charge in [0.25, 0.3) is 0 Å². The molecule has 0 saturated heterocycles. The molecule has 0 radical (unpaired) electrons. The molecule has 14 heavy (non-hydrogen) atoms. The molecule has 1 nitrogen and oxygen atoms in total. The van der Waals surface area contributed by atoms with Crippen LogP contribution >= 0.6 is 27.3 Å². The van der Waals surface area contributed by atoms with Crippen LogP contribution in [0.25, 0.3) is 0 Å². The quantitative estimate of drug-likeness (QED) is 0.865. The van der Waals surface area contributed by atoms with Crippen LogP contribution in [0.3, 0.4) is 0 Å². The van der Waals surface area contributed by atoms with E-state index in [1.807, 2.05) is 11.3 Å². The Morgan fingerprint density at radius 1 is 1.36 bits per heavy atom. The van der Waals surface area contributed by atoms with Gasteiger partial charge in [-0.2, -0.15) is 0 Å². The molecule has 0 aliphatic rings. The van der Waals surface area contributed by atoms with Gasteiger partial charge in [-0.15, -0.1) is 11.3 Å². The Hall–Kier alpha value is 0.140. The lowest BCUT2D eigenvalue weighted by molar-refractivity contribution is 0.430. The van der Waals surface area contributed by atoms with Crippen LogP contribution in [0.4, 0.5) is 0 Å². The number of hydrogen-bond donors (Lipinski definition) is 1. The third-order valence-corrected chi connectivity index (χ3v) is 4.15. The lowest BCUT2D eigenvalue weighted by atomic mass is 10.1. The van der Waals surface area contributed by atoms with Gasteiger partial charge in [0, 0.05) is 17.5 Å². The molecule has 0 amide bonds. The first-order valence-electron chi connectivity index (χ1n) is 5.07. The topological polar surface area (TPSA) is 12.0 Å². The van der Waals surface area contributed by atoms with Gasteiger partial charge in [0.2, 0.25) is 0 Å². The zero-order chi connectivity index (χ0) is 10.6. The molecule has 1 aromatic heterocycles. The van der Waals surface area contributed by atoms with Gasteiger partial charge >= 0.3 is 0 Å². The van der Waals surface area contributed by atoms with Gasteiger partial charge in [0.15, 0.2) is 0 Å². The average Bonchev–Trinajstić information content (AvgIpc) is 2.51. The number of thiophene rings is 1. The number of hydrogen-bond acceptors (Lipinski definition) is 2. The van der Waals surface area contributed by atoms with E-state index in [4.69, 9.17) is 0 Å². The van der Waals surface area contributed by atoms with Crippen LogP contribution in [0.2, 0.25) is 0 Å². The molecule has 0 aliphatic heterocycles. The van der Waals surface area contributed by atoms with Crippen molar-refractivity contribution in [1.29, 1.82) is 0 Å². The van der Waals surface area contributed by atoms with Crippen molar-refractivity contribution in [2.24, 2.45) is 5.92 Å². The minimum absolute atomic E-state index is 0.610. The molecule has 1 aromatic rings. The summed E-state index contributed by atoms with van der Waals surface area (Å²) in [6.45, 7) is 7.82. The van der Waals surface area contributed by atoms with Crippen LogP contribution in [0.15, 0.2) is 15.9 Å². The van der Waals surface area contributed by atoms with Gasteiger partial charge in [-0.25, -0.2) is 0 Å². The molecule has 0 fully saturated rings. The molecule has 80 valence electrons. The van der Waals surface area contributed by atoms with Crippen molar-refractivity contribution in [3.8, 4) is 0 Å². The molecular weight excluding hydrogens is 258 g/mol. The Morgan fingerprint density at radius 2 is 2.07 bits per heavy atom. The average molecular weight is 276 g/mol. The normalized spacial score (nSPS) is 13.5. The summed E-state index contributed by atoms with van der Waals surface area (Å²) in [4.78, 5) is 1.44. The fraction of sp³-hybridized carbons (Fsp3) is 0.636. The molecule has 1 rings (SSSR count). The Bertz CT molecular complexity index is 270. The maximum atomic E-state index is 3.53. The predicted octanol–water partition coefficient (Wildman–Crippen LogP) is 3.69. The molecule has 1 heterocycles. The van der Waals surface area contributed by atoms with E-state index in [0.717, 1.165) is 13.0 Å². The highest BCUT2D eigenvalue weighted by molar-refractivity contribution is 9.11. The van der Waals surface area contributed by atoms with E-state index in [0.29, 0.717) is 12.0 Å². The third kappa shape index (κ3) is 4.11. The molecular formula is C11H18BrNS. The molecule has 0 aliphatic carbocycles. The fourth-order valence-corrected chi connectivity index (χ4v) is 2.63. The first-order chi connectivity index (χ1) is 6.59. The Balaban J connectivity index is 2.22. The van der Waals surface area contributed by atoms with Crippen LogP contribution in [0.5, 0.6) is 0 Å². The highest BCUT2D eigenvalue weighted by atomic mass is 79.9. The number of nitrogens with one attached hydrogen (secondary N) is 1. The van der Waals surface area contributed by atoms with E-state index >= 15 is 0 Å².